The molecule has 7 heteroatoms. The number of rotatable bonds is 5. The first-order valence-electron chi connectivity index (χ1n) is 8.51. The van der Waals surface area contributed by atoms with Crippen LogP contribution in [0.25, 0.3) is 0 Å². The van der Waals surface area contributed by atoms with Gasteiger partial charge in [-0.1, -0.05) is 60.1 Å². The lowest BCUT2D eigenvalue weighted by Gasteiger charge is -2.31. The van der Waals surface area contributed by atoms with E-state index in [-0.39, 0.29) is 0 Å². The minimum absolute atomic E-state index is 0.295. The summed E-state index contributed by atoms with van der Waals surface area (Å²) in [5, 5.41) is 13.4. The number of ether oxygens (including phenoxy) is 1. The number of carbonyl (C=O) groups excluding carboxylic acids is 2. The molecule has 0 aliphatic carbocycles. The zero-order chi connectivity index (χ0) is 20.1. The van der Waals surface area contributed by atoms with Crippen LogP contribution in [0, 0.1) is 17.2 Å². The molecule has 1 N–H and O–H groups in total. The maximum atomic E-state index is 12.8. The lowest BCUT2D eigenvalue weighted by atomic mass is 9.78. The average molecular weight is 413 g/mol. The van der Waals surface area contributed by atoms with Gasteiger partial charge in [-0.25, -0.2) is 0 Å². The Hall–Kier alpha value is -2.75. The molecular formula is C21H17ClN2O3S. The highest BCUT2D eigenvalue weighted by Crippen LogP contribution is 2.42. The van der Waals surface area contributed by atoms with Gasteiger partial charge in [0.15, 0.2) is 0 Å². The van der Waals surface area contributed by atoms with E-state index in [1.165, 1.54) is 18.9 Å². The molecule has 0 saturated carbocycles. The van der Waals surface area contributed by atoms with Crippen LogP contribution in [0.2, 0.25) is 5.02 Å². The molecule has 0 spiro atoms. The molecule has 0 radical (unpaired) electrons. The Morgan fingerprint density at radius 1 is 1.21 bits per heavy atom. The molecule has 0 aromatic heterocycles. The third-order valence-electron chi connectivity index (χ3n) is 4.45. The van der Waals surface area contributed by atoms with E-state index in [0.717, 1.165) is 5.56 Å². The van der Waals surface area contributed by atoms with Gasteiger partial charge in [-0.15, -0.1) is 11.8 Å². The van der Waals surface area contributed by atoms with Crippen LogP contribution in [0.1, 0.15) is 17.0 Å². The molecule has 0 unspecified atom stereocenters. The molecule has 0 fully saturated rings. The Bertz CT molecular complexity index is 969. The van der Waals surface area contributed by atoms with Crippen molar-refractivity contribution in [1.82, 2.24) is 5.32 Å². The smallest absolute Gasteiger partial charge is 0.319 e. The van der Waals surface area contributed by atoms with Gasteiger partial charge >= 0.3 is 5.97 Å². The number of thioether (sulfide) groups is 1. The molecule has 2 aromatic carbocycles. The fraction of sp³-hybridized carbons (Fsp3) is 0.190. The summed E-state index contributed by atoms with van der Waals surface area (Å²) in [6, 6.07) is 18.8. The molecular weight excluding hydrogens is 396 g/mol. The van der Waals surface area contributed by atoms with Crippen LogP contribution >= 0.6 is 23.4 Å². The lowest BCUT2D eigenvalue weighted by Crippen LogP contribution is -2.44. The van der Waals surface area contributed by atoms with E-state index in [1.807, 2.05) is 30.3 Å². The van der Waals surface area contributed by atoms with E-state index < -0.39 is 23.7 Å². The van der Waals surface area contributed by atoms with Crippen molar-refractivity contribution in [3.63, 3.8) is 0 Å². The number of halogens is 1. The summed E-state index contributed by atoms with van der Waals surface area (Å²) in [4.78, 5) is 25.1. The minimum Gasteiger partial charge on any atom is -0.468 e. The van der Waals surface area contributed by atoms with Crippen LogP contribution in [0.5, 0.6) is 0 Å². The van der Waals surface area contributed by atoms with E-state index in [0.29, 0.717) is 26.9 Å². The SMILES string of the molecule is COC(=O)[C@H]1C(=O)NC(SCc2ccccc2)=C(C#N)[C@H]1c1ccccc1Cl. The highest BCUT2D eigenvalue weighted by atomic mass is 35.5. The molecule has 28 heavy (non-hydrogen) atoms. The quantitative estimate of drug-likeness (QED) is 0.592. The molecule has 0 saturated heterocycles. The van der Waals surface area contributed by atoms with Crippen molar-refractivity contribution in [2.24, 2.45) is 5.92 Å². The number of amides is 1. The third-order valence-corrected chi connectivity index (χ3v) is 5.88. The second-order valence-corrected chi connectivity index (χ2v) is 7.51. The van der Waals surface area contributed by atoms with Gasteiger partial charge in [0, 0.05) is 16.7 Å². The zero-order valence-electron chi connectivity index (χ0n) is 15.0. The van der Waals surface area contributed by atoms with E-state index >= 15 is 0 Å². The molecule has 3 rings (SSSR count). The molecule has 1 aliphatic heterocycles. The van der Waals surface area contributed by atoms with E-state index in [2.05, 4.69) is 11.4 Å². The standard InChI is InChI=1S/C21H17ClN2O3S/c1-27-21(26)18-17(14-9-5-6-10-16(14)22)15(11-23)20(24-19(18)25)28-12-13-7-3-2-4-8-13/h2-10,17-18H,12H2,1H3,(H,24,25)/t17-,18-/m1/s1. The Morgan fingerprint density at radius 2 is 1.89 bits per heavy atom. The van der Waals surface area contributed by atoms with Crippen molar-refractivity contribution < 1.29 is 14.3 Å². The predicted octanol–water partition coefficient (Wildman–Crippen LogP) is 4.01. The molecule has 142 valence electrons. The van der Waals surface area contributed by atoms with Gasteiger partial charge in [0.1, 0.15) is 5.92 Å². The maximum absolute atomic E-state index is 12.8. The number of carbonyl (C=O) groups is 2. The molecule has 5 nitrogen and oxygen atoms in total. The van der Waals surface area contributed by atoms with Gasteiger partial charge in [0.2, 0.25) is 5.91 Å². The number of allylic oxidation sites excluding steroid dienone is 1. The highest BCUT2D eigenvalue weighted by molar-refractivity contribution is 8.02. The number of hydrogen-bond donors (Lipinski definition) is 1. The summed E-state index contributed by atoms with van der Waals surface area (Å²) in [6.45, 7) is 0. The van der Waals surface area contributed by atoms with Gasteiger partial charge < -0.3 is 10.1 Å². The summed E-state index contributed by atoms with van der Waals surface area (Å²) in [5.74, 6) is -2.63. The van der Waals surface area contributed by atoms with Crippen molar-refractivity contribution in [2.75, 3.05) is 7.11 Å². The molecule has 1 aliphatic rings. The second-order valence-electron chi connectivity index (χ2n) is 6.12. The number of nitrogens with one attached hydrogen (secondary N) is 1. The average Bonchev–Trinajstić information content (AvgIpc) is 2.72. The summed E-state index contributed by atoms with van der Waals surface area (Å²) >= 11 is 7.68. The van der Waals surface area contributed by atoms with Gasteiger partial charge in [0.25, 0.3) is 0 Å². The number of nitrogens with zero attached hydrogens (tertiary/aromatic N) is 1. The molecule has 2 atom stereocenters. The summed E-state index contributed by atoms with van der Waals surface area (Å²) in [6.07, 6.45) is 0. The normalized spacial score (nSPS) is 19.0. The monoisotopic (exact) mass is 412 g/mol. The third kappa shape index (κ3) is 4.06. The van der Waals surface area contributed by atoms with Crippen molar-refractivity contribution >= 4 is 35.2 Å². The first-order valence-corrected chi connectivity index (χ1v) is 9.87. The summed E-state index contributed by atoms with van der Waals surface area (Å²) < 4.78 is 4.83. The molecule has 2 aromatic rings. The van der Waals surface area contributed by atoms with Crippen molar-refractivity contribution in [3.05, 3.63) is 81.3 Å². The van der Waals surface area contributed by atoms with Crippen LogP contribution in [0.3, 0.4) is 0 Å². The summed E-state index contributed by atoms with van der Waals surface area (Å²) in [7, 11) is 1.22. The van der Waals surface area contributed by atoms with Gasteiger partial charge in [-0.3, -0.25) is 9.59 Å². The Labute approximate surface area is 172 Å². The zero-order valence-corrected chi connectivity index (χ0v) is 16.6. The predicted molar refractivity (Wildman–Crippen MR) is 108 cm³/mol. The number of esters is 1. The molecule has 1 heterocycles. The largest absolute Gasteiger partial charge is 0.468 e. The molecule has 1 amide bonds. The van der Waals surface area contributed by atoms with Gasteiger partial charge in [0.05, 0.1) is 23.8 Å². The van der Waals surface area contributed by atoms with Crippen LogP contribution in [0.4, 0.5) is 0 Å². The first-order chi connectivity index (χ1) is 13.6. The van der Waals surface area contributed by atoms with Crippen molar-refractivity contribution in [3.8, 4) is 6.07 Å². The first kappa shape index (κ1) is 20.0. The number of methoxy groups -OCH3 is 1. The number of benzene rings is 2. The van der Waals surface area contributed by atoms with Crippen molar-refractivity contribution in [1.29, 1.82) is 5.26 Å². The van der Waals surface area contributed by atoms with E-state index in [4.69, 9.17) is 16.3 Å². The van der Waals surface area contributed by atoms with Gasteiger partial charge in [-0.2, -0.15) is 5.26 Å². The summed E-state index contributed by atoms with van der Waals surface area (Å²) in [5.41, 5.74) is 1.89. The van der Waals surface area contributed by atoms with Crippen molar-refractivity contribution in [2.45, 2.75) is 11.7 Å². The van der Waals surface area contributed by atoms with Gasteiger partial charge in [-0.05, 0) is 17.2 Å². The maximum Gasteiger partial charge on any atom is 0.319 e. The number of hydrogen-bond acceptors (Lipinski definition) is 5. The van der Waals surface area contributed by atoms with E-state index in [1.54, 1.807) is 24.3 Å². The number of nitriles is 1. The Balaban J connectivity index is 2.05. The Morgan fingerprint density at radius 3 is 2.54 bits per heavy atom. The van der Waals surface area contributed by atoms with E-state index in [9.17, 15) is 14.9 Å². The lowest BCUT2D eigenvalue weighted by molar-refractivity contribution is -0.150. The van der Waals surface area contributed by atoms with Crippen LogP contribution in [0.15, 0.2) is 65.2 Å². The fourth-order valence-corrected chi connectivity index (χ4v) is 4.37. The van der Waals surface area contributed by atoms with Crippen LogP contribution < -0.4 is 5.32 Å². The Kier molecular flexibility index (Phi) is 6.40. The molecule has 0 bridgehead atoms. The van der Waals surface area contributed by atoms with Crippen LogP contribution in [-0.2, 0) is 20.1 Å². The fourth-order valence-electron chi connectivity index (χ4n) is 3.11. The minimum atomic E-state index is -1.18. The highest BCUT2D eigenvalue weighted by Gasteiger charge is 2.44. The second kappa shape index (κ2) is 8.96. The topological polar surface area (TPSA) is 79.2 Å². The van der Waals surface area contributed by atoms with Crippen LogP contribution in [-0.4, -0.2) is 19.0 Å².